The Labute approximate surface area is 142 Å². The molecule has 2 N–H and O–H groups in total. The van der Waals surface area contributed by atoms with Crippen molar-refractivity contribution in [2.45, 2.75) is 13.8 Å². The molecule has 0 spiro atoms. The molecule has 21 heavy (non-hydrogen) atoms. The number of hydrogen-bond donors (Lipinski definition) is 2. The van der Waals surface area contributed by atoms with Gasteiger partial charge in [0.05, 0.1) is 0 Å². The minimum atomic E-state index is -0.228. The maximum atomic E-state index is 12.1. The first-order chi connectivity index (χ1) is 9.97. The van der Waals surface area contributed by atoms with Gasteiger partial charge in [-0.1, -0.05) is 18.2 Å². The maximum Gasteiger partial charge on any atom is 0.257 e. The number of rotatable bonds is 2. The molecule has 0 fully saturated rings. The third kappa shape index (κ3) is 4.21. The van der Waals surface area contributed by atoms with Gasteiger partial charge >= 0.3 is 0 Å². The van der Waals surface area contributed by atoms with Crippen molar-refractivity contribution in [2.24, 2.45) is 0 Å². The van der Waals surface area contributed by atoms with Crippen molar-refractivity contribution < 1.29 is 4.79 Å². The second-order valence-electron chi connectivity index (χ2n) is 4.54. The number of halogens is 1. The molecule has 0 saturated carbocycles. The van der Waals surface area contributed by atoms with Crippen LogP contribution < -0.4 is 10.6 Å². The molecule has 1 aromatic heterocycles. The number of amides is 1. The molecule has 0 aliphatic rings. The van der Waals surface area contributed by atoms with Gasteiger partial charge in [0.2, 0.25) is 0 Å². The first-order valence-electron chi connectivity index (χ1n) is 6.27. The fourth-order valence-electron chi connectivity index (χ4n) is 1.81. The topological polar surface area (TPSA) is 54.0 Å². The van der Waals surface area contributed by atoms with E-state index in [-0.39, 0.29) is 11.0 Å². The highest BCUT2D eigenvalue weighted by Gasteiger charge is 2.11. The highest BCUT2D eigenvalue weighted by Crippen LogP contribution is 2.14. The van der Waals surface area contributed by atoms with Crippen molar-refractivity contribution >= 4 is 51.6 Å². The van der Waals surface area contributed by atoms with Gasteiger partial charge in [0.25, 0.3) is 5.91 Å². The Morgan fingerprint density at radius 1 is 1.24 bits per heavy atom. The van der Waals surface area contributed by atoms with Gasteiger partial charge in [-0.15, -0.1) is 0 Å². The van der Waals surface area contributed by atoms with Gasteiger partial charge < -0.3 is 5.32 Å². The van der Waals surface area contributed by atoms with Gasteiger partial charge in [0, 0.05) is 15.3 Å². The number of hydrogen-bond acceptors (Lipinski definition) is 3. The number of carbonyl (C=O) groups excluding carboxylic acids is 1. The lowest BCUT2D eigenvalue weighted by atomic mass is 10.1. The van der Waals surface area contributed by atoms with Crippen LogP contribution in [0.1, 0.15) is 21.5 Å². The minimum absolute atomic E-state index is 0.228. The molecule has 1 heterocycles. The highest BCUT2D eigenvalue weighted by atomic mass is 127. The van der Waals surface area contributed by atoms with Crippen molar-refractivity contribution in [3.8, 4) is 0 Å². The Bertz CT molecular complexity index is 703. The Morgan fingerprint density at radius 2 is 1.95 bits per heavy atom. The molecule has 0 atom stereocenters. The van der Waals surface area contributed by atoms with Gasteiger partial charge in [-0.2, -0.15) is 0 Å². The van der Waals surface area contributed by atoms with Crippen LogP contribution in [0.15, 0.2) is 36.5 Å². The number of aromatic nitrogens is 1. The Hall–Kier alpha value is -1.54. The van der Waals surface area contributed by atoms with Gasteiger partial charge in [-0.25, -0.2) is 4.98 Å². The smallest absolute Gasteiger partial charge is 0.257 e. The third-order valence-electron chi connectivity index (χ3n) is 2.89. The molecule has 108 valence electrons. The predicted octanol–water partition coefficient (Wildman–Crippen LogP) is 3.43. The zero-order chi connectivity index (χ0) is 15.4. The molecule has 1 aromatic carbocycles. The molecular weight excluding hydrogens is 397 g/mol. The molecule has 4 nitrogen and oxygen atoms in total. The predicted molar refractivity (Wildman–Crippen MR) is 96.6 cm³/mol. The summed E-state index contributed by atoms with van der Waals surface area (Å²) < 4.78 is 1.05. The molecule has 0 unspecified atom stereocenters. The van der Waals surface area contributed by atoms with Crippen molar-refractivity contribution in [2.75, 3.05) is 5.32 Å². The average Bonchev–Trinajstić information content (AvgIpc) is 2.42. The first-order valence-corrected chi connectivity index (χ1v) is 7.76. The molecule has 6 heteroatoms. The zero-order valence-electron chi connectivity index (χ0n) is 11.6. The summed E-state index contributed by atoms with van der Waals surface area (Å²) in [6.07, 6.45) is 1.74. The quantitative estimate of drug-likeness (QED) is 0.588. The van der Waals surface area contributed by atoms with Crippen LogP contribution in [0.2, 0.25) is 0 Å². The molecule has 2 rings (SSSR count). The number of aryl methyl sites for hydroxylation is 2. The minimum Gasteiger partial charge on any atom is -0.317 e. The molecule has 0 aliphatic carbocycles. The Morgan fingerprint density at radius 3 is 2.62 bits per heavy atom. The largest absolute Gasteiger partial charge is 0.317 e. The lowest BCUT2D eigenvalue weighted by Gasteiger charge is -2.11. The van der Waals surface area contributed by atoms with Gasteiger partial charge in [-0.05, 0) is 71.9 Å². The van der Waals surface area contributed by atoms with E-state index in [9.17, 15) is 4.79 Å². The monoisotopic (exact) mass is 411 g/mol. The molecule has 0 aliphatic heterocycles. The summed E-state index contributed by atoms with van der Waals surface area (Å²) in [6.45, 7) is 3.82. The van der Waals surface area contributed by atoms with Crippen molar-refractivity contribution in [1.82, 2.24) is 10.3 Å². The molecular formula is C15H14IN3OS. The van der Waals surface area contributed by atoms with E-state index < -0.39 is 0 Å². The molecule has 0 bridgehead atoms. The second kappa shape index (κ2) is 6.95. The Kier molecular flexibility index (Phi) is 5.24. The molecule has 0 saturated heterocycles. The van der Waals surface area contributed by atoms with Crippen LogP contribution in [0.3, 0.4) is 0 Å². The van der Waals surface area contributed by atoms with Crippen LogP contribution in [0.5, 0.6) is 0 Å². The highest BCUT2D eigenvalue weighted by molar-refractivity contribution is 14.1. The van der Waals surface area contributed by atoms with E-state index >= 15 is 0 Å². The molecule has 2 aromatic rings. The summed E-state index contributed by atoms with van der Waals surface area (Å²) in [4.78, 5) is 16.4. The van der Waals surface area contributed by atoms with Crippen molar-refractivity contribution in [3.05, 3.63) is 56.8 Å². The number of pyridine rings is 1. The number of anilines is 1. The van der Waals surface area contributed by atoms with Crippen LogP contribution >= 0.6 is 34.8 Å². The van der Waals surface area contributed by atoms with E-state index in [2.05, 4.69) is 38.2 Å². The lowest BCUT2D eigenvalue weighted by Crippen LogP contribution is -2.34. The normalized spacial score (nSPS) is 10.0. The van der Waals surface area contributed by atoms with E-state index in [1.807, 2.05) is 38.1 Å². The number of benzene rings is 1. The standard InChI is InChI=1S/C15H14IN3OS/c1-9-5-3-4-6-12(9)14(20)19-15(21)18-13-10(2)7-11(16)8-17-13/h3-8H,1-2H3,(H2,17,18,19,20,21). The number of nitrogens with one attached hydrogen (secondary N) is 2. The van der Waals surface area contributed by atoms with Crippen LogP contribution in [0.25, 0.3) is 0 Å². The molecule has 1 amide bonds. The van der Waals surface area contributed by atoms with Crippen molar-refractivity contribution in [1.29, 1.82) is 0 Å². The van der Waals surface area contributed by atoms with Crippen LogP contribution in [-0.2, 0) is 0 Å². The number of nitrogens with zero attached hydrogens (tertiary/aromatic N) is 1. The van der Waals surface area contributed by atoms with Crippen LogP contribution in [-0.4, -0.2) is 16.0 Å². The summed E-state index contributed by atoms with van der Waals surface area (Å²) in [7, 11) is 0. The van der Waals surface area contributed by atoms with E-state index in [1.165, 1.54) is 0 Å². The fraction of sp³-hybridized carbons (Fsp3) is 0.133. The maximum absolute atomic E-state index is 12.1. The summed E-state index contributed by atoms with van der Waals surface area (Å²) in [5.74, 6) is 0.416. The fourth-order valence-corrected chi connectivity index (χ4v) is 2.60. The summed E-state index contributed by atoms with van der Waals surface area (Å²) in [5.41, 5.74) is 2.48. The Balaban J connectivity index is 2.05. The number of carbonyl (C=O) groups is 1. The van der Waals surface area contributed by atoms with Gasteiger partial charge in [0.15, 0.2) is 5.11 Å². The summed E-state index contributed by atoms with van der Waals surface area (Å²) >= 11 is 7.36. The molecule has 0 radical (unpaired) electrons. The lowest BCUT2D eigenvalue weighted by molar-refractivity contribution is 0.0977. The average molecular weight is 411 g/mol. The van der Waals surface area contributed by atoms with E-state index in [0.29, 0.717) is 11.4 Å². The van der Waals surface area contributed by atoms with Gasteiger partial charge in [-0.3, -0.25) is 10.1 Å². The first kappa shape index (κ1) is 15.8. The van der Waals surface area contributed by atoms with E-state index in [1.54, 1.807) is 12.3 Å². The van der Waals surface area contributed by atoms with Crippen molar-refractivity contribution in [3.63, 3.8) is 0 Å². The van der Waals surface area contributed by atoms with E-state index in [0.717, 1.165) is 14.7 Å². The van der Waals surface area contributed by atoms with Crippen LogP contribution in [0.4, 0.5) is 5.82 Å². The summed E-state index contributed by atoms with van der Waals surface area (Å²) in [6, 6.07) is 9.35. The van der Waals surface area contributed by atoms with Crippen LogP contribution in [0, 0.1) is 17.4 Å². The third-order valence-corrected chi connectivity index (χ3v) is 3.69. The second-order valence-corrected chi connectivity index (χ2v) is 6.20. The SMILES string of the molecule is Cc1ccccc1C(=O)NC(=S)Nc1ncc(I)cc1C. The zero-order valence-corrected chi connectivity index (χ0v) is 14.6. The summed E-state index contributed by atoms with van der Waals surface area (Å²) in [5, 5.41) is 5.85. The van der Waals surface area contributed by atoms with E-state index in [4.69, 9.17) is 12.2 Å². The van der Waals surface area contributed by atoms with Gasteiger partial charge in [0.1, 0.15) is 5.82 Å². The number of thiocarbonyl (C=S) groups is 1.